The lowest BCUT2D eigenvalue weighted by molar-refractivity contribution is 0.172. The number of aliphatic hydroxyl groups excluding tert-OH is 1. The van der Waals surface area contributed by atoms with Crippen LogP contribution >= 0.6 is 0 Å². The fraction of sp³-hybridized carbons (Fsp3) is 0.333. The van der Waals surface area contributed by atoms with Gasteiger partial charge in [-0.15, -0.1) is 0 Å². The normalized spacial score (nSPS) is 12.2. The summed E-state index contributed by atoms with van der Waals surface area (Å²) >= 11 is 0. The molecular formula is C15H18N2O2. The maximum absolute atomic E-state index is 10.3. The molecule has 0 radical (unpaired) electrons. The molecule has 1 N–H and O–H groups in total. The molecular weight excluding hydrogens is 240 g/mol. The molecule has 0 aliphatic rings. The summed E-state index contributed by atoms with van der Waals surface area (Å²) in [6, 6.07) is 7.89. The zero-order chi connectivity index (χ0) is 13.8. The van der Waals surface area contributed by atoms with Crippen molar-refractivity contribution >= 4 is 0 Å². The highest BCUT2D eigenvalue weighted by Gasteiger charge is 2.13. The average molecular weight is 258 g/mol. The number of aromatic nitrogens is 2. The van der Waals surface area contributed by atoms with E-state index in [-0.39, 0.29) is 0 Å². The Hall–Kier alpha value is -1.94. The van der Waals surface area contributed by atoms with E-state index in [2.05, 4.69) is 28.2 Å². The van der Waals surface area contributed by atoms with Crippen LogP contribution in [0.3, 0.4) is 0 Å². The molecule has 0 bridgehead atoms. The van der Waals surface area contributed by atoms with Crippen LogP contribution in [-0.4, -0.2) is 22.2 Å². The van der Waals surface area contributed by atoms with Gasteiger partial charge in [-0.25, -0.2) is 9.97 Å². The van der Waals surface area contributed by atoms with E-state index in [9.17, 15) is 5.11 Å². The Bertz CT molecular complexity index is 570. The molecule has 2 rings (SSSR count). The van der Waals surface area contributed by atoms with Crippen molar-refractivity contribution in [3.63, 3.8) is 0 Å². The molecule has 1 aromatic carbocycles. The fourth-order valence-electron chi connectivity index (χ4n) is 1.98. The van der Waals surface area contributed by atoms with Crippen molar-refractivity contribution in [3.05, 3.63) is 53.0 Å². The Balaban J connectivity index is 2.20. The second-order valence-electron chi connectivity index (χ2n) is 4.64. The SMILES string of the molecule is COc1cc(C(O)Cc2cc(C)ccc2C)ncn1. The molecule has 19 heavy (non-hydrogen) atoms. The highest BCUT2D eigenvalue weighted by Crippen LogP contribution is 2.21. The third-order valence-electron chi connectivity index (χ3n) is 3.13. The second kappa shape index (κ2) is 5.80. The molecule has 1 unspecified atom stereocenters. The smallest absolute Gasteiger partial charge is 0.216 e. The third kappa shape index (κ3) is 3.29. The van der Waals surface area contributed by atoms with Gasteiger partial charge in [-0.05, 0) is 25.0 Å². The molecule has 4 heteroatoms. The molecule has 4 nitrogen and oxygen atoms in total. The van der Waals surface area contributed by atoms with Gasteiger partial charge in [0.2, 0.25) is 5.88 Å². The molecule has 0 aliphatic carbocycles. The van der Waals surface area contributed by atoms with Gasteiger partial charge in [0.25, 0.3) is 0 Å². The minimum Gasteiger partial charge on any atom is -0.481 e. The van der Waals surface area contributed by atoms with Crippen LogP contribution in [-0.2, 0) is 6.42 Å². The van der Waals surface area contributed by atoms with Gasteiger partial charge in [-0.3, -0.25) is 0 Å². The van der Waals surface area contributed by atoms with Crippen LogP contribution in [0.4, 0.5) is 0 Å². The van der Waals surface area contributed by atoms with Crippen LogP contribution in [0.15, 0.2) is 30.6 Å². The molecule has 2 aromatic rings. The molecule has 100 valence electrons. The van der Waals surface area contributed by atoms with Gasteiger partial charge in [-0.1, -0.05) is 23.8 Å². The number of hydrogen-bond donors (Lipinski definition) is 1. The van der Waals surface area contributed by atoms with Gasteiger partial charge >= 0.3 is 0 Å². The first-order valence-corrected chi connectivity index (χ1v) is 6.20. The number of aryl methyl sites for hydroxylation is 2. The van der Waals surface area contributed by atoms with Crippen LogP contribution in [0, 0.1) is 13.8 Å². The van der Waals surface area contributed by atoms with Crippen LogP contribution in [0.2, 0.25) is 0 Å². The number of ether oxygens (including phenoxy) is 1. The molecule has 1 heterocycles. The third-order valence-corrected chi connectivity index (χ3v) is 3.13. The monoisotopic (exact) mass is 258 g/mol. The lowest BCUT2D eigenvalue weighted by Crippen LogP contribution is -2.06. The predicted octanol–water partition coefficient (Wildman–Crippen LogP) is 2.38. The van der Waals surface area contributed by atoms with E-state index in [0.717, 1.165) is 5.56 Å². The Morgan fingerprint density at radius 2 is 2.00 bits per heavy atom. The minimum atomic E-state index is -0.655. The van der Waals surface area contributed by atoms with E-state index in [1.54, 1.807) is 13.2 Å². The zero-order valence-electron chi connectivity index (χ0n) is 11.4. The summed E-state index contributed by atoms with van der Waals surface area (Å²) in [5.74, 6) is 0.463. The standard InChI is InChI=1S/C15H18N2O2/c1-10-4-5-11(2)12(6-10)7-14(18)13-8-15(19-3)17-9-16-13/h4-6,8-9,14,18H,7H2,1-3H3. The number of hydrogen-bond acceptors (Lipinski definition) is 4. The number of nitrogens with zero attached hydrogens (tertiary/aromatic N) is 2. The minimum absolute atomic E-state index is 0.463. The summed E-state index contributed by atoms with van der Waals surface area (Å²) in [7, 11) is 1.54. The van der Waals surface area contributed by atoms with E-state index >= 15 is 0 Å². The lowest BCUT2D eigenvalue weighted by atomic mass is 9.99. The Morgan fingerprint density at radius 1 is 1.21 bits per heavy atom. The summed E-state index contributed by atoms with van der Waals surface area (Å²) in [6.45, 7) is 4.09. The van der Waals surface area contributed by atoms with Gasteiger partial charge in [0.1, 0.15) is 12.4 Å². The fourth-order valence-corrected chi connectivity index (χ4v) is 1.98. The maximum atomic E-state index is 10.3. The second-order valence-corrected chi connectivity index (χ2v) is 4.64. The molecule has 0 amide bonds. The first-order chi connectivity index (χ1) is 9.10. The van der Waals surface area contributed by atoms with Crippen molar-refractivity contribution in [2.45, 2.75) is 26.4 Å². The summed E-state index contributed by atoms with van der Waals surface area (Å²) < 4.78 is 5.04. The molecule has 0 aliphatic heterocycles. The van der Waals surface area contributed by atoms with Crippen LogP contribution in [0.1, 0.15) is 28.5 Å². The summed E-state index contributed by atoms with van der Waals surface area (Å²) in [5.41, 5.74) is 4.07. The highest BCUT2D eigenvalue weighted by atomic mass is 16.5. The topological polar surface area (TPSA) is 55.2 Å². The number of rotatable bonds is 4. The van der Waals surface area contributed by atoms with Crippen LogP contribution < -0.4 is 4.74 Å². The summed E-state index contributed by atoms with van der Waals surface area (Å²) in [4.78, 5) is 8.03. The van der Waals surface area contributed by atoms with E-state index < -0.39 is 6.10 Å². The zero-order valence-corrected chi connectivity index (χ0v) is 11.4. The molecule has 1 aromatic heterocycles. The lowest BCUT2D eigenvalue weighted by Gasteiger charge is -2.13. The predicted molar refractivity (Wildman–Crippen MR) is 73.2 cm³/mol. The molecule has 0 spiro atoms. The van der Waals surface area contributed by atoms with E-state index in [1.807, 2.05) is 13.8 Å². The molecule has 0 saturated carbocycles. The summed E-state index contributed by atoms with van der Waals surface area (Å²) in [5, 5.41) is 10.3. The van der Waals surface area contributed by atoms with Crippen molar-refractivity contribution in [1.29, 1.82) is 0 Å². The maximum Gasteiger partial charge on any atom is 0.216 e. The summed E-state index contributed by atoms with van der Waals surface area (Å²) in [6.07, 6.45) is 1.28. The Kier molecular flexibility index (Phi) is 4.12. The van der Waals surface area contributed by atoms with Gasteiger partial charge in [0, 0.05) is 12.5 Å². The first kappa shape index (κ1) is 13.5. The van der Waals surface area contributed by atoms with Gasteiger partial charge in [0.15, 0.2) is 0 Å². The molecule has 1 atom stereocenters. The Labute approximate surface area is 113 Å². The van der Waals surface area contributed by atoms with Crippen molar-refractivity contribution in [3.8, 4) is 5.88 Å². The van der Waals surface area contributed by atoms with Crippen molar-refractivity contribution in [2.75, 3.05) is 7.11 Å². The number of methoxy groups -OCH3 is 1. The van der Waals surface area contributed by atoms with Crippen molar-refractivity contribution < 1.29 is 9.84 Å². The van der Waals surface area contributed by atoms with Crippen LogP contribution in [0.5, 0.6) is 5.88 Å². The molecule has 0 fully saturated rings. The number of aliphatic hydroxyl groups is 1. The highest BCUT2D eigenvalue weighted by molar-refractivity contribution is 5.31. The van der Waals surface area contributed by atoms with Crippen molar-refractivity contribution in [1.82, 2.24) is 9.97 Å². The van der Waals surface area contributed by atoms with E-state index in [1.165, 1.54) is 17.5 Å². The molecule has 0 saturated heterocycles. The first-order valence-electron chi connectivity index (χ1n) is 6.20. The van der Waals surface area contributed by atoms with Gasteiger partial charge in [-0.2, -0.15) is 0 Å². The van der Waals surface area contributed by atoms with Crippen LogP contribution in [0.25, 0.3) is 0 Å². The van der Waals surface area contributed by atoms with Gasteiger partial charge < -0.3 is 9.84 Å². The number of benzene rings is 1. The van der Waals surface area contributed by atoms with E-state index in [4.69, 9.17) is 4.74 Å². The Morgan fingerprint density at radius 3 is 2.74 bits per heavy atom. The quantitative estimate of drug-likeness (QED) is 0.914. The van der Waals surface area contributed by atoms with Crippen molar-refractivity contribution in [2.24, 2.45) is 0 Å². The average Bonchev–Trinajstić information content (AvgIpc) is 2.43. The largest absolute Gasteiger partial charge is 0.481 e. The van der Waals surface area contributed by atoms with Gasteiger partial charge in [0.05, 0.1) is 12.8 Å². The van der Waals surface area contributed by atoms with E-state index in [0.29, 0.717) is 18.0 Å².